The quantitative estimate of drug-likeness (QED) is 0.297. The van der Waals surface area contributed by atoms with Gasteiger partial charge in [0, 0.05) is 24.8 Å². The van der Waals surface area contributed by atoms with E-state index in [-0.39, 0.29) is 5.56 Å². The first-order valence-electron chi connectivity index (χ1n) is 12.6. The summed E-state index contributed by atoms with van der Waals surface area (Å²) in [6, 6.07) is 15.6. The first-order chi connectivity index (χ1) is 17.1. The van der Waals surface area contributed by atoms with E-state index in [9.17, 15) is 4.79 Å². The van der Waals surface area contributed by atoms with E-state index in [1.54, 1.807) is 31.4 Å². The van der Waals surface area contributed by atoms with Crippen molar-refractivity contribution in [2.24, 2.45) is 0 Å². The van der Waals surface area contributed by atoms with Crippen LogP contribution in [0.1, 0.15) is 66.8 Å². The van der Waals surface area contributed by atoms with Crippen LogP contribution in [-0.2, 0) is 4.74 Å². The second-order valence-electron chi connectivity index (χ2n) is 9.29. The Hall–Kier alpha value is -2.61. The Kier molecular flexibility index (Phi) is 9.40. The van der Waals surface area contributed by atoms with Gasteiger partial charge < -0.3 is 14.7 Å². The average Bonchev–Trinajstić information content (AvgIpc) is 3.39. The Morgan fingerprint density at radius 2 is 1.49 bits per heavy atom. The van der Waals surface area contributed by atoms with E-state index in [2.05, 4.69) is 39.4 Å². The third kappa shape index (κ3) is 7.19. The molecule has 35 heavy (non-hydrogen) atoms. The molecule has 0 amide bonds. The van der Waals surface area contributed by atoms with Crippen LogP contribution in [0.15, 0.2) is 48.5 Å². The second-order valence-corrected chi connectivity index (χ2v) is 10.3. The molecule has 6 nitrogen and oxygen atoms in total. The van der Waals surface area contributed by atoms with Crippen molar-refractivity contribution in [2.45, 2.75) is 50.9 Å². The number of methoxy groups -OCH3 is 1. The minimum absolute atomic E-state index is 0.272. The number of benzene rings is 2. The van der Waals surface area contributed by atoms with Crippen molar-refractivity contribution in [1.29, 1.82) is 0 Å². The number of hydrogen-bond donors (Lipinski definition) is 1. The number of carboxylic acids is 1. The standard InChI is InChI=1S/C28H35N3O3S/c1-34-20-6-4-2-3-5-17-31-18-15-22(16-19-31)21-7-9-23(10-8-21)26-29-30-27(35-26)24-11-13-25(14-12-24)28(32)33/h7-14,22H,2-6,15-20H2,1H3,(H,32,33). The lowest BCUT2D eigenvalue weighted by Gasteiger charge is -2.32. The fourth-order valence-electron chi connectivity index (χ4n) is 4.71. The van der Waals surface area contributed by atoms with Gasteiger partial charge in [-0.05, 0) is 68.9 Å². The van der Waals surface area contributed by atoms with Crippen LogP contribution < -0.4 is 0 Å². The molecule has 1 aliphatic heterocycles. The van der Waals surface area contributed by atoms with Crippen LogP contribution in [0.5, 0.6) is 0 Å². The molecule has 0 radical (unpaired) electrons. The molecule has 0 saturated carbocycles. The highest BCUT2D eigenvalue weighted by Gasteiger charge is 2.20. The Balaban J connectivity index is 1.24. The van der Waals surface area contributed by atoms with Crippen molar-refractivity contribution in [3.05, 3.63) is 59.7 Å². The number of ether oxygens (including phenoxy) is 1. The minimum atomic E-state index is -0.926. The largest absolute Gasteiger partial charge is 0.478 e. The molecule has 0 unspecified atom stereocenters. The molecule has 1 fully saturated rings. The third-order valence-corrected chi connectivity index (χ3v) is 7.86. The number of aromatic nitrogens is 2. The SMILES string of the molecule is COCCCCCCCN1CCC(c2ccc(-c3nnc(-c4ccc(C(=O)O)cc4)s3)cc2)CC1. The fourth-order valence-corrected chi connectivity index (χ4v) is 5.57. The zero-order valence-electron chi connectivity index (χ0n) is 20.5. The topological polar surface area (TPSA) is 75.5 Å². The van der Waals surface area contributed by atoms with Crippen LogP contribution in [0.25, 0.3) is 21.1 Å². The summed E-state index contributed by atoms with van der Waals surface area (Å²) in [5.41, 5.74) is 3.64. The highest BCUT2D eigenvalue weighted by Crippen LogP contribution is 2.33. The molecule has 0 bridgehead atoms. The molecule has 1 saturated heterocycles. The van der Waals surface area contributed by atoms with Crippen LogP contribution in [0, 0.1) is 0 Å². The third-order valence-electron chi connectivity index (χ3n) is 6.84. The van der Waals surface area contributed by atoms with Crippen LogP contribution in [0.2, 0.25) is 0 Å². The van der Waals surface area contributed by atoms with Crippen molar-refractivity contribution in [1.82, 2.24) is 15.1 Å². The van der Waals surface area contributed by atoms with Crippen molar-refractivity contribution in [2.75, 3.05) is 33.4 Å². The summed E-state index contributed by atoms with van der Waals surface area (Å²) >= 11 is 1.53. The number of carbonyl (C=O) groups is 1. The number of likely N-dealkylation sites (tertiary alicyclic amines) is 1. The van der Waals surface area contributed by atoms with Crippen LogP contribution >= 0.6 is 11.3 Å². The molecule has 186 valence electrons. The molecule has 2 heterocycles. The summed E-state index contributed by atoms with van der Waals surface area (Å²) in [5, 5.41) is 19.4. The molecule has 1 aliphatic rings. The van der Waals surface area contributed by atoms with E-state index in [4.69, 9.17) is 9.84 Å². The fraction of sp³-hybridized carbons (Fsp3) is 0.464. The molecule has 3 aromatic rings. The highest BCUT2D eigenvalue weighted by molar-refractivity contribution is 7.17. The Morgan fingerprint density at radius 1 is 0.914 bits per heavy atom. The van der Waals surface area contributed by atoms with E-state index in [0.29, 0.717) is 5.92 Å². The van der Waals surface area contributed by atoms with Gasteiger partial charge in [-0.25, -0.2) is 4.79 Å². The smallest absolute Gasteiger partial charge is 0.335 e. The number of nitrogens with zero attached hydrogens (tertiary/aromatic N) is 3. The van der Waals surface area contributed by atoms with Gasteiger partial charge in [0.05, 0.1) is 5.56 Å². The van der Waals surface area contributed by atoms with Gasteiger partial charge >= 0.3 is 5.97 Å². The molecule has 1 N–H and O–H groups in total. The predicted molar refractivity (Wildman–Crippen MR) is 141 cm³/mol. The van der Waals surface area contributed by atoms with E-state index in [1.165, 1.54) is 81.5 Å². The lowest BCUT2D eigenvalue weighted by Crippen LogP contribution is -2.33. The molecule has 1 aromatic heterocycles. The summed E-state index contributed by atoms with van der Waals surface area (Å²) < 4.78 is 5.12. The minimum Gasteiger partial charge on any atom is -0.478 e. The normalized spacial score (nSPS) is 14.9. The number of hydrogen-bond acceptors (Lipinski definition) is 6. The summed E-state index contributed by atoms with van der Waals surface area (Å²) in [4.78, 5) is 13.7. The van der Waals surface area contributed by atoms with Crippen LogP contribution in [0.3, 0.4) is 0 Å². The monoisotopic (exact) mass is 493 g/mol. The van der Waals surface area contributed by atoms with E-state index >= 15 is 0 Å². The molecule has 0 spiro atoms. The van der Waals surface area contributed by atoms with Crippen molar-refractivity contribution in [3.63, 3.8) is 0 Å². The first-order valence-corrected chi connectivity index (χ1v) is 13.4. The predicted octanol–water partition coefficient (Wildman–Crippen LogP) is 6.35. The van der Waals surface area contributed by atoms with Gasteiger partial charge in [0.1, 0.15) is 10.0 Å². The average molecular weight is 494 g/mol. The first kappa shape index (κ1) is 25.5. The van der Waals surface area contributed by atoms with Gasteiger partial charge in [0.25, 0.3) is 0 Å². The maximum atomic E-state index is 11.1. The molecule has 7 heteroatoms. The molecule has 4 rings (SSSR count). The molecule has 0 aliphatic carbocycles. The van der Waals surface area contributed by atoms with Crippen molar-refractivity contribution in [3.8, 4) is 21.1 Å². The summed E-state index contributed by atoms with van der Waals surface area (Å²) in [6.07, 6.45) is 8.86. The number of rotatable bonds is 12. The van der Waals surface area contributed by atoms with Gasteiger partial charge in [0.2, 0.25) is 0 Å². The van der Waals surface area contributed by atoms with E-state index in [0.717, 1.165) is 27.7 Å². The zero-order valence-corrected chi connectivity index (χ0v) is 21.3. The Morgan fingerprint density at radius 3 is 2.09 bits per heavy atom. The number of aromatic carboxylic acids is 1. The number of carboxylic acid groups (broad SMARTS) is 1. The maximum absolute atomic E-state index is 11.1. The Bertz CT molecular complexity index is 1060. The molecule has 0 atom stereocenters. The summed E-state index contributed by atoms with van der Waals surface area (Å²) in [6.45, 7) is 4.50. The van der Waals surface area contributed by atoms with Gasteiger partial charge in [0.15, 0.2) is 0 Å². The second kappa shape index (κ2) is 12.9. The molecular formula is C28H35N3O3S. The molecule has 2 aromatic carbocycles. The van der Waals surface area contributed by atoms with E-state index in [1.807, 2.05) is 0 Å². The summed E-state index contributed by atoms with van der Waals surface area (Å²) in [5.74, 6) is -0.295. The van der Waals surface area contributed by atoms with Crippen molar-refractivity contribution < 1.29 is 14.6 Å². The maximum Gasteiger partial charge on any atom is 0.335 e. The number of piperidine rings is 1. The van der Waals surface area contributed by atoms with Gasteiger partial charge in [-0.3, -0.25) is 0 Å². The highest BCUT2D eigenvalue weighted by atomic mass is 32.1. The van der Waals surface area contributed by atoms with Crippen molar-refractivity contribution >= 4 is 17.3 Å². The lowest BCUT2D eigenvalue weighted by molar-refractivity contribution is 0.0697. The van der Waals surface area contributed by atoms with Crippen LogP contribution in [0.4, 0.5) is 0 Å². The Labute approximate surface area is 212 Å². The zero-order chi connectivity index (χ0) is 24.5. The molecular weight excluding hydrogens is 458 g/mol. The van der Waals surface area contributed by atoms with Gasteiger partial charge in [-0.1, -0.05) is 67.0 Å². The van der Waals surface area contributed by atoms with Gasteiger partial charge in [-0.15, -0.1) is 10.2 Å². The van der Waals surface area contributed by atoms with Crippen LogP contribution in [-0.4, -0.2) is 59.5 Å². The number of unbranched alkanes of at least 4 members (excludes halogenated alkanes) is 4. The van der Waals surface area contributed by atoms with Gasteiger partial charge in [-0.2, -0.15) is 0 Å². The van der Waals surface area contributed by atoms with E-state index < -0.39 is 5.97 Å². The lowest BCUT2D eigenvalue weighted by atomic mass is 9.89. The summed E-state index contributed by atoms with van der Waals surface area (Å²) in [7, 11) is 1.78.